The van der Waals surface area contributed by atoms with Gasteiger partial charge in [-0.3, -0.25) is 0 Å². The highest BCUT2D eigenvalue weighted by Crippen LogP contribution is 2.20. The van der Waals surface area contributed by atoms with Crippen molar-refractivity contribution in [2.75, 3.05) is 6.61 Å². The first-order valence-corrected chi connectivity index (χ1v) is 13.3. The third kappa shape index (κ3) is 14.2. The maximum atomic E-state index is 10.5. The molecule has 0 heterocycles. The molecule has 0 aliphatic rings. The van der Waals surface area contributed by atoms with Gasteiger partial charge in [-0.15, -0.1) is 0 Å². The van der Waals surface area contributed by atoms with Crippen LogP contribution in [0.25, 0.3) is 0 Å². The van der Waals surface area contributed by atoms with E-state index in [1.54, 1.807) is 6.92 Å². The Morgan fingerprint density at radius 1 is 0.543 bits per heavy atom. The molecule has 35 heavy (non-hydrogen) atoms. The fourth-order valence-electron chi connectivity index (χ4n) is 3.93. The molecule has 0 aromatic carbocycles. The highest BCUT2D eigenvalue weighted by molar-refractivity contribution is 4.82. The van der Waals surface area contributed by atoms with Crippen molar-refractivity contribution in [1.29, 1.82) is 0 Å². The van der Waals surface area contributed by atoms with Crippen molar-refractivity contribution in [1.82, 2.24) is 0 Å². The lowest BCUT2D eigenvalue weighted by molar-refractivity contribution is -0.262. The maximum Gasteiger partial charge on any atom is 0.183 e. The smallest absolute Gasteiger partial charge is 0.183 e. The van der Waals surface area contributed by atoms with Crippen LogP contribution in [0.2, 0.25) is 0 Å². The van der Waals surface area contributed by atoms with Crippen LogP contribution in [-0.4, -0.2) is 103 Å². The fraction of sp³-hybridized carbons (Fsp3) is 1.00. The Balaban J connectivity index is 4.79. The van der Waals surface area contributed by atoms with Gasteiger partial charge in [0.15, 0.2) is 12.6 Å². The zero-order valence-electron chi connectivity index (χ0n) is 21.8. The molecule has 0 rings (SSSR count). The van der Waals surface area contributed by atoms with Crippen molar-refractivity contribution >= 4 is 0 Å². The molecule has 10 nitrogen and oxygen atoms in total. The molecule has 0 aliphatic carbocycles. The summed E-state index contributed by atoms with van der Waals surface area (Å²) < 4.78 is 10.7. The monoisotopic (exact) mass is 512 g/mol. The lowest BCUT2D eigenvalue weighted by atomic mass is 10.0. The maximum absolute atomic E-state index is 10.5. The normalized spacial score (nSPS) is 20.0. The summed E-state index contributed by atoms with van der Waals surface area (Å²) in [5, 5.41) is 80.6. The molecule has 0 spiro atoms. The van der Waals surface area contributed by atoms with Gasteiger partial charge >= 0.3 is 0 Å². The molecular weight excluding hydrogens is 460 g/mol. The first-order valence-electron chi connectivity index (χ1n) is 13.3. The van der Waals surface area contributed by atoms with E-state index in [-0.39, 0.29) is 18.9 Å². The molecule has 0 amide bonds. The number of hydrogen-bond donors (Lipinski definition) is 8. The molecule has 0 saturated carbocycles. The largest absolute Gasteiger partial charge is 0.396 e. The third-order valence-electron chi connectivity index (χ3n) is 6.29. The molecule has 9 atom stereocenters. The molecule has 0 aromatic heterocycles. The van der Waals surface area contributed by atoms with Crippen LogP contribution < -0.4 is 0 Å². The second kappa shape index (κ2) is 20.6. The van der Waals surface area contributed by atoms with E-state index < -0.39 is 55.8 Å². The minimum atomic E-state index is -2.02. The van der Waals surface area contributed by atoms with Crippen LogP contribution in [0.3, 0.4) is 0 Å². The zero-order valence-corrected chi connectivity index (χ0v) is 21.8. The average Bonchev–Trinajstić information content (AvgIpc) is 2.85. The third-order valence-corrected chi connectivity index (χ3v) is 6.29. The molecule has 0 fully saturated rings. The quantitative estimate of drug-likeness (QED) is 0.0725. The minimum Gasteiger partial charge on any atom is -0.396 e. The molecule has 0 bridgehead atoms. The van der Waals surface area contributed by atoms with E-state index in [0.717, 1.165) is 19.3 Å². The van der Waals surface area contributed by atoms with Crippen LogP contribution >= 0.6 is 0 Å². The summed E-state index contributed by atoms with van der Waals surface area (Å²) in [6.07, 6.45) is -4.17. The molecule has 0 radical (unpaired) electrons. The standard InChI is InChI=1S/C25H52O10/c1-4-7-8-9-10-11-12-14-17(6-3)34-24(32)23(31)21(29)19(15-16-26)35-25(33)22(30)20(28)18(27)13-5-2/h17-33H,4-16H2,1-3H3. The van der Waals surface area contributed by atoms with Gasteiger partial charge in [0.1, 0.15) is 24.4 Å². The van der Waals surface area contributed by atoms with Crippen molar-refractivity contribution in [3.63, 3.8) is 0 Å². The topological polar surface area (TPSA) is 180 Å². The molecule has 9 unspecified atom stereocenters. The SMILES string of the molecule is CCCCCCCCCC(CC)OC(O)C(O)C(O)C(CCO)OC(O)C(O)C(O)C(O)CCC. The molecule has 8 N–H and O–H groups in total. The molecule has 212 valence electrons. The van der Waals surface area contributed by atoms with Crippen LogP contribution in [0.1, 0.15) is 97.8 Å². The molecule has 0 aromatic rings. The van der Waals surface area contributed by atoms with E-state index in [2.05, 4.69) is 6.92 Å². The van der Waals surface area contributed by atoms with E-state index in [1.165, 1.54) is 25.7 Å². The van der Waals surface area contributed by atoms with Crippen molar-refractivity contribution in [2.45, 2.75) is 153 Å². The highest BCUT2D eigenvalue weighted by Gasteiger charge is 2.37. The molecule has 0 aliphatic heterocycles. The lowest BCUT2D eigenvalue weighted by Gasteiger charge is -2.34. The zero-order chi connectivity index (χ0) is 26.8. The van der Waals surface area contributed by atoms with Crippen LogP contribution in [0, 0.1) is 0 Å². The summed E-state index contributed by atoms with van der Waals surface area (Å²) in [5.41, 5.74) is 0. The van der Waals surface area contributed by atoms with Gasteiger partial charge in [-0.2, -0.15) is 0 Å². The van der Waals surface area contributed by atoms with Crippen molar-refractivity contribution in [3.8, 4) is 0 Å². The van der Waals surface area contributed by atoms with E-state index in [9.17, 15) is 40.9 Å². The molecular formula is C25H52O10. The number of aliphatic hydroxyl groups is 8. The van der Waals surface area contributed by atoms with Gasteiger partial charge in [0, 0.05) is 6.61 Å². The van der Waals surface area contributed by atoms with E-state index in [0.29, 0.717) is 19.3 Å². The van der Waals surface area contributed by atoms with Gasteiger partial charge in [-0.05, 0) is 25.7 Å². The Bertz CT molecular complexity index is 483. The van der Waals surface area contributed by atoms with Gasteiger partial charge in [0.2, 0.25) is 0 Å². The van der Waals surface area contributed by atoms with Crippen molar-refractivity contribution in [3.05, 3.63) is 0 Å². The molecule has 0 saturated heterocycles. The summed E-state index contributed by atoms with van der Waals surface area (Å²) in [7, 11) is 0. The van der Waals surface area contributed by atoms with Crippen LogP contribution in [0.4, 0.5) is 0 Å². The van der Waals surface area contributed by atoms with E-state index in [4.69, 9.17) is 9.47 Å². The van der Waals surface area contributed by atoms with E-state index in [1.807, 2.05) is 6.92 Å². The Morgan fingerprint density at radius 2 is 1.09 bits per heavy atom. The summed E-state index contributed by atoms with van der Waals surface area (Å²) >= 11 is 0. The average molecular weight is 513 g/mol. The second-order valence-electron chi connectivity index (χ2n) is 9.36. The van der Waals surface area contributed by atoms with Gasteiger partial charge < -0.3 is 50.3 Å². The van der Waals surface area contributed by atoms with Gasteiger partial charge in [0.05, 0.1) is 18.3 Å². The first-order chi connectivity index (χ1) is 16.6. The molecule has 10 heteroatoms. The van der Waals surface area contributed by atoms with Crippen molar-refractivity contribution in [2.24, 2.45) is 0 Å². The second-order valence-corrected chi connectivity index (χ2v) is 9.36. The van der Waals surface area contributed by atoms with Crippen LogP contribution in [0.5, 0.6) is 0 Å². The van der Waals surface area contributed by atoms with Crippen molar-refractivity contribution < 1.29 is 50.3 Å². The summed E-state index contributed by atoms with van der Waals surface area (Å²) in [4.78, 5) is 0. The van der Waals surface area contributed by atoms with Crippen LogP contribution in [0.15, 0.2) is 0 Å². The fourth-order valence-corrected chi connectivity index (χ4v) is 3.93. The lowest BCUT2D eigenvalue weighted by Crippen LogP contribution is -2.52. The van der Waals surface area contributed by atoms with Gasteiger partial charge in [-0.1, -0.05) is 72.1 Å². The number of ether oxygens (including phenoxy) is 2. The number of unbranched alkanes of at least 4 members (excludes halogenated alkanes) is 6. The van der Waals surface area contributed by atoms with Crippen LogP contribution in [-0.2, 0) is 9.47 Å². The highest BCUT2D eigenvalue weighted by atomic mass is 16.6. The number of hydrogen-bond acceptors (Lipinski definition) is 10. The van der Waals surface area contributed by atoms with Gasteiger partial charge in [0.25, 0.3) is 0 Å². The first kappa shape index (κ1) is 34.6. The predicted molar refractivity (Wildman–Crippen MR) is 131 cm³/mol. The van der Waals surface area contributed by atoms with E-state index >= 15 is 0 Å². The Kier molecular flexibility index (Phi) is 20.4. The Morgan fingerprint density at radius 3 is 1.63 bits per heavy atom. The minimum absolute atomic E-state index is 0.188. The Labute approximate surface area is 210 Å². The number of rotatable bonds is 23. The summed E-state index contributed by atoms with van der Waals surface area (Å²) in [5.74, 6) is 0. The summed E-state index contributed by atoms with van der Waals surface area (Å²) in [6, 6.07) is 0. The Hall–Kier alpha value is -0.400. The number of aliphatic hydroxyl groups excluding tert-OH is 8. The van der Waals surface area contributed by atoms with Gasteiger partial charge in [-0.25, -0.2) is 0 Å². The predicted octanol–water partition coefficient (Wildman–Crippen LogP) is 0.931. The summed E-state index contributed by atoms with van der Waals surface area (Å²) in [6.45, 7) is 5.36.